The number of carbonyl (C=O) groups is 1. The summed E-state index contributed by atoms with van der Waals surface area (Å²) in [7, 11) is 1.22. The highest BCUT2D eigenvalue weighted by atomic mass is 16.5. The first kappa shape index (κ1) is 14.7. The average Bonchev–Trinajstić information content (AvgIpc) is 2.51. The molecule has 1 aliphatic carbocycles. The fraction of sp³-hybridized carbons (Fsp3) is 0.476. The van der Waals surface area contributed by atoms with Crippen LogP contribution >= 0.6 is 0 Å². The molecule has 126 valence electrons. The molecule has 23 heavy (non-hydrogen) atoms. The van der Waals surface area contributed by atoms with Gasteiger partial charge in [0.2, 0.25) is 0 Å². The van der Waals surface area contributed by atoms with Crippen LogP contribution in [0.3, 0.4) is 0 Å². The zero-order valence-electron chi connectivity index (χ0n) is 17.9. The molecule has 0 amide bonds. The zero-order valence-corrected chi connectivity index (χ0v) is 14.9. The Kier molecular flexibility index (Phi) is 5.58. The first-order valence-corrected chi connectivity index (χ1v) is 8.01. The molecule has 0 bridgehead atoms. The molecule has 0 aromatic carbocycles. The minimum atomic E-state index is -2.36. The molecule has 0 fully saturated rings. The van der Waals surface area contributed by atoms with E-state index in [0.29, 0.717) is 0 Å². The summed E-state index contributed by atoms with van der Waals surface area (Å²) in [5.74, 6) is -0.677. The van der Waals surface area contributed by atoms with Crippen LogP contribution in [-0.2, 0) is 9.53 Å². The summed E-state index contributed by atoms with van der Waals surface area (Å²) in [5.41, 5.74) is 3.96. The Balaban J connectivity index is 2.95. The van der Waals surface area contributed by atoms with Crippen LogP contribution < -0.4 is 0 Å². The van der Waals surface area contributed by atoms with Gasteiger partial charge in [0, 0.05) is 10.2 Å². The van der Waals surface area contributed by atoms with E-state index in [9.17, 15) is 4.79 Å². The van der Waals surface area contributed by atoms with Gasteiger partial charge in [-0.2, -0.15) is 0 Å². The third-order valence-electron chi connectivity index (χ3n) is 4.16. The SMILES string of the molecule is [3H]C([3H])([3H])C(/C=C/C=C(C)\C=C\C1=C(C)CCCC1(C)C)=C\C(=O)OC. The van der Waals surface area contributed by atoms with E-state index in [-0.39, 0.29) is 11.0 Å². The zero-order chi connectivity index (χ0) is 20.0. The van der Waals surface area contributed by atoms with Crippen molar-refractivity contribution in [3.63, 3.8) is 0 Å². The van der Waals surface area contributed by atoms with Gasteiger partial charge in [0.1, 0.15) is 0 Å². The minimum absolute atomic E-state index is 0.0515. The predicted molar refractivity (Wildman–Crippen MR) is 98.1 cm³/mol. The molecule has 0 saturated carbocycles. The Morgan fingerprint density at radius 2 is 2.04 bits per heavy atom. The fourth-order valence-electron chi connectivity index (χ4n) is 2.82. The van der Waals surface area contributed by atoms with Gasteiger partial charge in [-0.25, -0.2) is 4.79 Å². The van der Waals surface area contributed by atoms with E-state index in [1.165, 1.54) is 37.2 Å². The van der Waals surface area contributed by atoms with Crippen LogP contribution in [0.15, 0.2) is 58.7 Å². The highest BCUT2D eigenvalue weighted by molar-refractivity contribution is 5.83. The molecule has 2 heteroatoms. The molecular formula is C21H30O2. The molecule has 0 aromatic rings. The number of carbonyl (C=O) groups excluding carboxylic acids is 1. The number of methoxy groups -OCH3 is 1. The van der Waals surface area contributed by atoms with Crippen LogP contribution in [0.5, 0.6) is 0 Å². The van der Waals surface area contributed by atoms with Gasteiger partial charge in [-0.3, -0.25) is 0 Å². The second-order valence-electron chi connectivity index (χ2n) is 6.66. The second kappa shape index (κ2) is 8.71. The predicted octanol–water partition coefficient (Wildman–Crippen LogP) is 5.69. The monoisotopic (exact) mass is 320 g/mol. The summed E-state index contributed by atoms with van der Waals surface area (Å²) in [5, 5.41) is 0. The largest absolute Gasteiger partial charge is 0.466 e. The van der Waals surface area contributed by atoms with Crippen molar-refractivity contribution < 1.29 is 13.6 Å². The van der Waals surface area contributed by atoms with Crippen molar-refractivity contribution in [3.8, 4) is 0 Å². The number of hydrogen-bond acceptors (Lipinski definition) is 2. The maximum atomic E-state index is 11.3. The molecule has 0 radical (unpaired) electrons. The van der Waals surface area contributed by atoms with Crippen LogP contribution in [0.2, 0.25) is 0 Å². The van der Waals surface area contributed by atoms with E-state index >= 15 is 0 Å². The normalized spacial score (nSPS) is 22.2. The molecule has 0 spiro atoms. The Labute approximate surface area is 145 Å². The Hall–Kier alpha value is -1.83. The lowest BCUT2D eigenvalue weighted by Gasteiger charge is -2.32. The molecule has 0 aliphatic heterocycles. The molecule has 0 atom stereocenters. The van der Waals surface area contributed by atoms with Crippen molar-refractivity contribution in [2.24, 2.45) is 5.41 Å². The quantitative estimate of drug-likeness (QED) is 0.369. The van der Waals surface area contributed by atoms with E-state index in [4.69, 9.17) is 4.11 Å². The van der Waals surface area contributed by atoms with Crippen LogP contribution in [0.25, 0.3) is 0 Å². The lowest BCUT2D eigenvalue weighted by atomic mass is 9.72. The van der Waals surface area contributed by atoms with Gasteiger partial charge in [-0.05, 0) is 56.5 Å². The minimum Gasteiger partial charge on any atom is -0.466 e. The summed E-state index contributed by atoms with van der Waals surface area (Å²) >= 11 is 0. The Bertz CT molecular complexity index is 672. The topological polar surface area (TPSA) is 26.3 Å². The van der Waals surface area contributed by atoms with Gasteiger partial charge in [0.05, 0.1) is 7.11 Å². The van der Waals surface area contributed by atoms with Gasteiger partial charge in [0.15, 0.2) is 0 Å². The van der Waals surface area contributed by atoms with Crippen molar-refractivity contribution in [3.05, 3.63) is 58.7 Å². The van der Waals surface area contributed by atoms with Crippen molar-refractivity contribution >= 4 is 5.97 Å². The number of ether oxygens (including phenoxy) is 1. The van der Waals surface area contributed by atoms with Gasteiger partial charge >= 0.3 is 5.97 Å². The maximum absolute atomic E-state index is 11.3. The van der Waals surface area contributed by atoms with E-state index in [1.807, 2.05) is 13.0 Å². The van der Waals surface area contributed by atoms with Gasteiger partial charge in [-0.1, -0.05) is 55.4 Å². The smallest absolute Gasteiger partial charge is 0.330 e. The molecule has 2 nitrogen and oxygen atoms in total. The molecular weight excluding hydrogens is 284 g/mol. The average molecular weight is 320 g/mol. The standard InChI is InChI=1S/C21H30O2/c1-16(9-7-10-17(2)15-20(22)23-6)12-13-19-18(3)11-8-14-21(19,4)5/h7,9-10,12-13,15H,8,11,14H2,1-6H3/b10-7+,13-12+,16-9-,17-15+/i2T3. The van der Waals surface area contributed by atoms with Crippen LogP contribution in [-0.4, -0.2) is 13.1 Å². The van der Waals surface area contributed by atoms with E-state index in [1.54, 1.807) is 6.08 Å². The van der Waals surface area contributed by atoms with Gasteiger partial charge < -0.3 is 4.74 Å². The second-order valence-corrected chi connectivity index (χ2v) is 6.66. The molecule has 0 saturated heterocycles. The Morgan fingerprint density at radius 1 is 1.30 bits per heavy atom. The third-order valence-corrected chi connectivity index (χ3v) is 4.16. The Morgan fingerprint density at radius 3 is 2.65 bits per heavy atom. The number of esters is 1. The molecule has 0 N–H and O–H groups in total. The summed E-state index contributed by atoms with van der Waals surface area (Å²) in [6, 6.07) is 0. The molecule has 0 heterocycles. The van der Waals surface area contributed by atoms with Crippen molar-refractivity contribution in [2.45, 2.75) is 53.8 Å². The third kappa shape index (κ3) is 6.43. The van der Waals surface area contributed by atoms with Crippen molar-refractivity contribution in [2.75, 3.05) is 7.11 Å². The maximum Gasteiger partial charge on any atom is 0.330 e. The van der Waals surface area contributed by atoms with E-state index in [2.05, 4.69) is 37.7 Å². The highest BCUT2D eigenvalue weighted by Crippen LogP contribution is 2.40. The van der Waals surface area contributed by atoms with E-state index in [0.717, 1.165) is 18.1 Å². The van der Waals surface area contributed by atoms with Gasteiger partial charge in [0.25, 0.3) is 0 Å². The number of hydrogen-bond donors (Lipinski definition) is 0. The lowest BCUT2D eigenvalue weighted by molar-refractivity contribution is -0.134. The van der Waals surface area contributed by atoms with Crippen LogP contribution in [0.1, 0.15) is 57.9 Å². The molecule has 1 aliphatic rings. The first-order chi connectivity index (χ1) is 12.0. The summed E-state index contributed by atoms with van der Waals surface area (Å²) in [4.78, 5) is 11.3. The summed E-state index contributed by atoms with van der Waals surface area (Å²) in [6.07, 6.45) is 13.7. The lowest BCUT2D eigenvalue weighted by Crippen LogP contribution is -2.19. The first-order valence-electron chi connectivity index (χ1n) is 9.51. The van der Waals surface area contributed by atoms with Crippen LogP contribution in [0.4, 0.5) is 0 Å². The summed E-state index contributed by atoms with van der Waals surface area (Å²) in [6.45, 7) is 6.34. The van der Waals surface area contributed by atoms with Crippen molar-refractivity contribution in [1.82, 2.24) is 0 Å². The highest BCUT2D eigenvalue weighted by Gasteiger charge is 2.26. The summed E-state index contributed by atoms with van der Waals surface area (Å²) < 4.78 is 27.0. The number of rotatable bonds is 5. The van der Waals surface area contributed by atoms with Crippen LogP contribution in [0, 0.1) is 5.41 Å². The number of allylic oxidation sites excluding steroid dienone is 9. The fourth-order valence-corrected chi connectivity index (χ4v) is 2.82. The van der Waals surface area contributed by atoms with Gasteiger partial charge in [-0.15, -0.1) is 0 Å². The van der Waals surface area contributed by atoms with E-state index < -0.39 is 12.8 Å². The molecule has 0 unspecified atom stereocenters. The molecule has 1 rings (SSSR count). The molecule has 0 aromatic heterocycles. The van der Waals surface area contributed by atoms with Crippen molar-refractivity contribution in [1.29, 1.82) is 0 Å².